The molecular weight excluding hydrogens is 513 g/mol. The summed E-state index contributed by atoms with van der Waals surface area (Å²) >= 11 is 13.3. The van der Waals surface area contributed by atoms with Gasteiger partial charge in [0.05, 0.1) is 17.8 Å². The van der Waals surface area contributed by atoms with Gasteiger partial charge in [-0.3, -0.25) is 9.59 Å². The van der Waals surface area contributed by atoms with Gasteiger partial charge >= 0.3 is 6.03 Å². The molecular formula is C22H19Cl2N7O3S. The number of rotatable bonds is 4. The molecule has 5 rings (SSSR count). The van der Waals surface area contributed by atoms with Crippen molar-refractivity contribution in [1.29, 1.82) is 0 Å². The molecule has 1 aromatic heterocycles. The molecule has 35 heavy (non-hydrogen) atoms. The Morgan fingerprint density at radius 3 is 2.57 bits per heavy atom. The Bertz CT molecular complexity index is 1370. The van der Waals surface area contributed by atoms with Gasteiger partial charge in [0.2, 0.25) is 5.91 Å². The lowest BCUT2D eigenvalue weighted by Gasteiger charge is -2.29. The smallest absolute Gasteiger partial charge is 0.320 e. The topological polar surface area (TPSA) is 146 Å². The fourth-order valence-electron chi connectivity index (χ4n) is 4.28. The van der Waals surface area contributed by atoms with E-state index < -0.39 is 23.2 Å². The van der Waals surface area contributed by atoms with Crippen LogP contribution in [0.25, 0.3) is 11.0 Å². The summed E-state index contributed by atoms with van der Waals surface area (Å²) in [6.07, 6.45) is 0.484. The zero-order valence-corrected chi connectivity index (χ0v) is 20.4. The maximum Gasteiger partial charge on any atom is 0.320 e. The first-order chi connectivity index (χ1) is 16.8. The van der Waals surface area contributed by atoms with E-state index in [0.29, 0.717) is 51.8 Å². The molecule has 13 heteroatoms. The van der Waals surface area contributed by atoms with Gasteiger partial charge in [-0.25, -0.2) is 4.79 Å². The molecule has 3 heterocycles. The van der Waals surface area contributed by atoms with Gasteiger partial charge < -0.3 is 21.3 Å². The zero-order chi connectivity index (χ0) is 24.7. The van der Waals surface area contributed by atoms with Gasteiger partial charge in [0.15, 0.2) is 0 Å². The average Bonchev–Trinajstić information content (AvgIpc) is 3.40. The van der Waals surface area contributed by atoms with Crippen LogP contribution in [0, 0.1) is 5.92 Å². The third kappa shape index (κ3) is 4.79. The van der Waals surface area contributed by atoms with E-state index in [1.54, 1.807) is 41.3 Å². The van der Waals surface area contributed by atoms with Gasteiger partial charge in [0.25, 0.3) is 5.91 Å². The van der Waals surface area contributed by atoms with Crippen molar-refractivity contribution in [1.82, 2.24) is 25.6 Å². The second-order valence-electron chi connectivity index (χ2n) is 8.13. The number of anilines is 1. The number of H-pyrrole nitrogens is 1. The van der Waals surface area contributed by atoms with E-state index in [1.165, 1.54) is 11.8 Å². The molecule has 2 atom stereocenters. The first-order valence-corrected chi connectivity index (χ1v) is 12.2. The summed E-state index contributed by atoms with van der Waals surface area (Å²) in [5, 5.41) is 16.2. The van der Waals surface area contributed by atoms with Crippen molar-refractivity contribution in [3.05, 3.63) is 62.5 Å². The number of hydrogen-bond acceptors (Lipinski definition) is 6. The number of carbonyl (C=O) groups is 3. The van der Waals surface area contributed by atoms with Crippen molar-refractivity contribution in [2.24, 2.45) is 11.7 Å². The van der Waals surface area contributed by atoms with Gasteiger partial charge in [-0.15, -0.1) is 11.8 Å². The molecule has 10 nitrogen and oxygen atoms in total. The first kappa shape index (κ1) is 23.5. The molecule has 5 N–H and O–H groups in total. The third-order valence-corrected chi connectivity index (χ3v) is 7.60. The van der Waals surface area contributed by atoms with Crippen LogP contribution in [0.1, 0.15) is 16.8 Å². The number of primary amides is 1. The standard InChI is InChI=1S/C22H19Cl2N7O3S/c23-11-6-12(24)8-13(7-11)26-22(34)27-20-18(19(25)32)14-3-4-31(9-17(14)35-20)21(33)10-1-2-15-16(5-10)29-30-28-15/h1-2,5-8,18,20H,3-4,9H2,(H2,25,32)(H2,26,27,34)(H,28,29,30). The predicted octanol–water partition coefficient (Wildman–Crippen LogP) is 3.36. The van der Waals surface area contributed by atoms with Crippen molar-refractivity contribution in [3.8, 4) is 0 Å². The van der Waals surface area contributed by atoms with E-state index >= 15 is 0 Å². The Labute approximate surface area is 213 Å². The molecule has 2 aliphatic rings. The molecule has 0 spiro atoms. The molecule has 2 aromatic carbocycles. The summed E-state index contributed by atoms with van der Waals surface area (Å²) < 4.78 is 0. The third-order valence-electron chi connectivity index (χ3n) is 5.84. The number of carbonyl (C=O) groups excluding carboxylic acids is 3. The Morgan fingerprint density at radius 2 is 1.83 bits per heavy atom. The molecule has 4 amide bonds. The lowest BCUT2D eigenvalue weighted by Crippen LogP contribution is -2.44. The number of fused-ring (bicyclic) bond motifs is 1. The molecule has 180 valence electrons. The largest absolute Gasteiger partial charge is 0.369 e. The summed E-state index contributed by atoms with van der Waals surface area (Å²) in [6, 6.07) is 9.28. The van der Waals surface area contributed by atoms with Gasteiger partial charge in [0.1, 0.15) is 11.0 Å². The van der Waals surface area contributed by atoms with Crippen molar-refractivity contribution in [3.63, 3.8) is 0 Å². The van der Waals surface area contributed by atoms with Gasteiger partial charge in [-0.05, 0) is 48.4 Å². The van der Waals surface area contributed by atoms with Crippen LogP contribution in [0.2, 0.25) is 10.0 Å². The highest BCUT2D eigenvalue weighted by Gasteiger charge is 2.42. The zero-order valence-electron chi connectivity index (χ0n) is 18.0. The molecule has 0 saturated heterocycles. The van der Waals surface area contributed by atoms with Crippen LogP contribution in [0.15, 0.2) is 46.9 Å². The Hall–Kier alpha value is -3.28. The minimum absolute atomic E-state index is 0.148. The number of benzene rings is 2. The first-order valence-electron chi connectivity index (χ1n) is 10.6. The normalized spacial score (nSPS) is 19.5. The van der Waals surface area contributed by atoms with Crippen molar-refractivity contribution in [2.75, 3.05) is 18.4 Å². The molecule has 2 unspecified atom stereocenters. The summed E-state index contributed by atoms with van der Waals surface area (Å²) in [7, 11) is 0. The highest BCUT2D eigenvalue weighted by molar-refractivity contribution is 8.04. The number of thioether (sulfide) groups is 1. The number of nitrogens with one attached hydrogen (secondary N) is 3. The average molecular weight is 532 g/mol. The fraction of sp³-hybridized carbons (Fsp3) is 0.227. The Balaban J connectivity index is 1.28. The highest BCUT2D eigenvalue weighted by atomic mass is 35.5. The monoisotopic (exact) mass is 531 g/mol. The maximum atomic E-state index is 13.1. The quantitative estimate of drug-likeness (QED) is 0.405. The lowest BCUT2D eigenvalue weighted by atomic mass is 9.92. The number of hydrogen-bond donors (Lipinski definition) is 4. The fourth-order valence-corrected chi connectivity index (χ4v) is 6.32. The van der Waals surface area contributed by atoms with Crippen molar-refractivity contribution in [2.45, 2.75) is 11.8 Å². The number of aromatic nitrogens is 3. The molecule has 3 aromatic rings. The minimum atomic E-state index is -0.674. The summed E-state index contributed by atoms with van der Waals surface area (Å²) in [6.45, 7) is 0.752. The second-order valence-corrected chi connectivity index (χ2v) is 10.2. The number of halogens is 2. The van der Waals surface area contributed by atoms with Crippen LogP contribution in [-0.2, 0) is 4.79 Å². The maximum absolute atomic E-state index is 13.1. The Kier molecular flexibility index (Phi) is 6.30. The SMILES string of the molecule is NC(=O)C1C2=C(CN(C(=O)c3ccc4n[nH]nc4c3)CC2)SC1NC(=O)Nc1cc(Cl)cc(Cl)c1. The number of nitrogens with two attached hydrogens (primary N) is 1. The lowest BCUT2D eigenvalue weighted by molar-refractivity contribution is -0.120. The van der Waals surface area contributed by atoms with Crippen LogP contribution in [-0.4, -0.2) is 56.6 Å². The minimum Gasteiger partial charge on any atom is -0.369 e. The molecule has 0 fully saturated rings. The molecule has 0 saturated carbocycles. The van der Waals surface area contributed by atoms with Gasteiger partial charge in [0, 0.05) is 32.7 Å². The molecule has 0 radical (unpaired) electrons. The van der Waals surface area contributed by atoms with E-state index in [9.17, 15) is 14.4 Å². The van der Waals surface area contributed by atoms with Crippen LogP contribution in [0.3, 0.4) is 0 Å². The number of aromatic amines is 1. The highest BCUT2D eigenvalue weighted by Crippen LogP contribution is 2.45. The van der Waals surface area contributed by atoms with E-state index in [-0.39, 0.29) is 5.91 Å². The molecule has 0 bridgehead atoms. The van der Waals surface area contributed by atoms with Gasteiger partial charge in [-0.1, -0.05) is 23.2 Å². The van der Waals surface area contributed by atoms with Crippen LogP contribution >= 0.6 is 35.0 Å². The number of amides is 4. The van der Waals surface area contributed by atoms with E-state index in [1.807, 2.05) is 0 Å². The summed E-state index contributed by atoms with van der Waals surface area (Å²) in [4.78, 5) is 40.6. The van der Waals surface area contributed by atoms with Crippen molar-refractivity contribution < 1.29 is 14.4 Å². The molecule has 0 aliphatic carbocycles. The van der Waals surface area contributed by atoms with Gasteiger partial charge in [-0.2, -0.15) is 15.4 Å². The van der Waals surface area contributed by atoms with Crippen molar-refractivity contribution >= 4 is 69.5 Å². The number of urea groups is 1. The van der Waals surface area contributed by atoms with E-state index in [4.69, 9.17) is 28.9 Å². The molecule has 2 aliphatic heterocycles. The second kappa shape index (κ2) is 9.40. The summed E-state index contributed by atoms with van der Waals surface area (Å²) in [5.74, 6) is -1.35. The predicted molar refractivity (Wildman–Crippen MR) is 134 cm³/mol. The Morgan fingerprint density at radius 1 is 1.09 bits per heavy atom. The summed E-state index contributed by atoms with van der Waals surface area (Å²) in [5.41, 5.74) is 8.75. The number of nitrogens with zero attached hydrogens (tertiary/aromatic N) is 3. The van der Waals surface area contributed by atoms with E-state index in [0.717, 1.165) is 10.5 Å². The van der Waals surface area contributed by atoms with Crippen LogP contribution in [0.5, 0.6) is 0 Å². The van der Waals surface area contributed by atoms with E-state index in [2.05, 4.69) is 26.0 Å². The van der Waals surface area contributed by atoms with Crippen LogP contribution in [0.4, 0.5) is 10.5 Å². The van der Waals surface area contributed by atoms with Crippen LogP contribution < -0.4 is 16.4 Å².